The largest absolute Gasteiger partial charge is 0.451 e. The first kappa shape index (κ1) is 14.6. The average Bonchev–Trinajstić information content (AvgIpc) is 2.89. The summed E-state index contributed by atoms with van der Waals surface area (Å²) < 4.78 is 6.70. The van der Waals surface area contributed by atoms with Crippen molar-refractivity contribution in [2.45, 2.75) is 38.6 Å². The van der Waals surface area contributed by atoms with Gasteiger partial charge in [-0.05, 0) is 55.9 Å². The normalized spacial score (nSPS) is 22.4. The summed E-state index contributed by atoms with van der Waals surface area (Å²) in [7, 11) is 1.89. The highest BCUT2D eigenvalue weighted by molar-refractivity contribution is 9.10. The van der Waals surface area contributed by atoms with E-state index in [1.165, 1.54) is 12.8 Å². The summed E-state index contributed by atoms with van der Waals surface area (Å²) in [6.07, 6.45) is 4.59. The van der Waals surface area contributed by atoms with Crippen LogP contribution in [-0.2, 0) is 0 Å². The van der Waals surface area contributed by atoms with Crippen molar-refractivity contribution < 1.29 is 9.21 Å². The molecule has 112 valence electrons. The fourth-order valence-electron chi connectivity index (χ4n) is 3.09. The molecule has 0 atom stereocenters. The Kier molecular flexibility index (Phi) is 4.07. The lowest BCUT2D eigenvalue weighted by molar-refractivity contribution is 0.0650. The van der Waals surface area contributed by atoms with Crippen molar-refractivity contribution in [2.75, 3.05) is 7.05 Å². The van der Waals surface area contributed by atoms with E-state index in [1.807, 2.05) is 36.2 Å². The second kappa shape index (κ2) is 5.84. The Morgan fingerprint density at radius 3 is 2.67 bits per heavy atom. The molecule has 2 aromatic rings. The quantitative estimate of drug-likeness (QED) is 0.776. The van der Waals surface area contributed by atoms with Gasteiger partial charge in [-0.15, -0.1) is 0 Å². The van der Waals surface area contributed by atoms with Gasteiger partial charge in [-0.3, -0.25) is 4.79 Å². The van der Waals surface area contributed by atoms with Crippen molar-refractivity contribution in [3.8, 4) is 0 Å². The predicted molar refractivity (Wildman–Crippen MR) is 87.4 cm³/mol. The fourth-order valence-corrected chi connectivity index (χ4v) is 3.47. The second-order valence-corrected chi connectivity index (χ2v) is 7.04. The van der Waals surface area contributed by atoms with Crippen molar-refractivity contribution >= 4 is 32.8 Å². The summed E-state index contributed by atoms with van der Waals surface area (Å²) >= 11 is 3.44. The number of furan rings is 1. The molecule has 1 amide bonds. The van der Waals surface area contributed by atoms with E-state index in [0.29, 0.717) is 11.8 Å². The first-order chi connectivity index (χ1) is 10.0. The van der Waals surface area contributed by atoms with Gasteiger partial charge in [0.15, 0.2) is 5.76 Å². The second-order valence-electron chi connectivity index (χ2n) is 6.12. The number of carbonyl (C=O) groups is 1. The van der Waals surface area contributed by atoms with Gasteiger partial charge < -0.3 is 9.32 Å². The van der Waals surface area contributed by atoms with Crippen LogP contribution in [-0.4, -0.2) is 23.9 Å². The minimum absolute atomic E-state index is 0.0122. The van der Waals surface area contributed by atoms with Gasteiger partial charge in [-0.2, -0.15) is 0 Å². The van der Waals surface area contributed by atoms with Crippen LogP contribution >= 0.6 is 15.9 Å². The van der Waals surface area contributed by atoms with E-state index in [-0.39, 0.29) is 5.91 Å². The lowest BCUT2D eigenvalue weighted by Crippen LogP contribution is -2.39. The van der Waals surface area contributed by atoms with Crippen molar-refractivity contribution in [3.05, 3.63) is 34.5 Å². The summed E-state index contributed by atoms with van der Waals surface area (Å²) in [4.78, 5) is 14.5. The van der Waals surface area contributed by atoms with Gasteiger partial charge in [0.05, 0.1) is 0 Å². The molecule has 1 aliphatic rings. The highest BCUT2D eigenvalue weighted by atomic mass is 79.9. The molecule has 0 spiro atoms. The Balaban J connectivity index is 1.79. The highest BCUT2D eigenvalue weighted by Crippen LogP contribution is 2.29. The monoisotopic (exact) mass is 349 g/mol. The number of fused-ring (bicyclic) bond motifs is 1. The molecule has 4 heteroatoms. The highest BCUT2D eigenvalue weighted by Gasteiger charge is 2.27. The SMILES string of the molecule is CC1CCC(N(C)C(=O)c2cc3cc(Br)ccc3o2)CC1. The molecule has 1 saturated carbocycles. The van der Waals surface area contributed by atoms with Crippen molar-refractivity contribution in [2.24, 2.45) is 5.92 Å². The molecule has 1 heterocycles. The third-order valence-electron chi connectivity index (χ3n) is 4.54. The van der Waals surface area contributed by atoms with E-state index in [0.717, 1.165) is 34.2 Å². The molecule has 0 saturated heterocycles. The number of hydrogen-bond acceptors (Lipinski definition) is 2. The standard InChI is InChI=1S/C17H20BrNO2/c1-11-3-6-14(7-4-11)19(2)17(20)16-10-12-9-13(18)5-8-15(12)21-16/h5,8-11,14H,3-4,6-7H2,1-2H3. The van der Waals surface area contributed by atoms with Crippen LogP contribution in [0.25, 0.3) is 11.0 Å². The van der Waals surface area contributed by atoms with Gasteiger partial charge in [-0.1, -0.05) is 22.9 Å². The van der Waals surface area contributed by atoms with E-state index in [2.05, 4.69) is 22.9 Å². The smallest absolute Gasteiger partial charge is 0.289 e. The number of amides is 1. The first-order valence-corrected chi connectivity index (χ1v) is 8.30. The van der Waals surface area contributed by atoms with Gasteiger partial charge in [-0.25, -0.2) is 0 Å². The minimum Gasteiger partial charge on any atom is -0.451 e. The average molecular weight is 350 g/mol. The molecule has 0 N–H and O–H groups in total. The molecular formula is C17H20BrNO2. The summed E-state index contributed by atoms with van der Waals surface area (Å²) in [6.45, 7) is 2.29. The van der Waals surface area contributed by atoms with Crippen LogP contribution in [0.2, 0.25) is 0 Å². The lowest BCUT2D eigenvalue weighted by Gasteiger charge is -2.33. The molecular weight excluding hydrogens is 330 g/mol. The van der Waals surface area contributed by atoms with Crippen LogP contribution in [0.3, 0.4) is 0 Å². The Morgan fingerprint density at radius 1 is 1.24 bits per heavy atom. The Bertz CT molecular complexity index is 656. The maximum absolute atomic E-state index is 12.6. The molecule has 1 aromatic heterocycles. The molecule has 1 fully saturated rings. The summed E-state index contributed by atoms with van der Waals surface area (Å²) in [5.74, 6) is 1.21. The number of nitrogens with zero attached hydrogens (tertiary/aromatic N) is 1. The Hall–Kier alpha value is -1.29. The number of benzene rings is 1. The molecule has 0 aliphatic heterocycles. The topological polar surface area (TPSA) is 33.5 Å². The minimum atomic E-state index is -0.0122. The van der Waals surface area contributed by atoms with Crippen LogP contribution in [0.4, 0.5) is 0 Å². The van der Waals surface area contributed by atoms with Crippen molar-refractivity contribution in [3.63, 3.8) is 0 Å². The fraction of sp³-hybridized carbons (Fsp3) is 0.471. The van der Waals surface area contributed by atoms with Crippen LogP contribution < -0.4 is 0 Å². The van der Waals surface area contributed by atoms with Gasteiger partial charge in [0.25, 0.3) is 5.91 Å². The summed E-state index contributed by atoms with van der Waals surface area (Å²) in [5.41, 5.74) is 0.757. The molecule has 3 rings (SSSR count). The molecule has 1 aromatic carbocycles. The van der Waals surface area contributed by atoms with Gasteiger partial charge in [0.2, 0.25) is 0 Å². The Labute approximate surface area is 133 Å². The van der Waals surface area contributed by atoms with Crippen molar-refractivity contribution in [1.29, 1.82) is 0 Å². The van der Waals surface area contributed by atoms with Crippen LogP contribution in [0.15, 0.2) is 33.2 Å². The molecule has 0 unspecified atom stereocenters. The predicted octanol–water partition coefficient (Wildman–Crippen LogP) is 4.85. The first-order valence-electron chi connectivity index (χ1n) is 7.51. The summed E-state index contributed by atoms with van der Waals surface area (Å²) in [6, 6.07) is 7.96. The molecule has 21 heavy (non-hydrogen) atoms. The van der Waals surface area contributed by atoms with Crippen LogP contribution in [0, 0.1) is 5.92 Å². The van der Waals surface area contributed by atoms with Gasteiger partial charge >= 0.3 is 0 Å². The lowest BCUT2D eigenvalue weighted by atomic mass is 9.87. The zero-order valence-corrected chi connectivity index (χ0v) is 14.0. The van der Waals surface area contributed by atoms with Crippen LogP contribution in [0.1, 0.15) is 43.2 Å². The number of rotatable bonds is 2. The van der Waals surface area contributed by atoms with E-state index in [4.69, 9.17) is 4.42 Å². The molecule has 0 bridgehead atoms. The maximum atomic E-state index is 12.6. The number of halogens is 1. The molecule has 3 nitrogen and oxygen atoms in total. The van der Waals surface area contributed by atoms with E-state index >= 15 is 0 Å². The third-order valence-corrected chi connectivity index (χ3v) is 5.04. The maximum Gasteiger partial charge on any atom is 0.289 e. The van der Waals surface area contributed by atoms with E-state index < -0.39 is 0 Å². The van der Waals surface area contributed by atoms with Crippen molar-refractivity contribution in [1.82, 2.24) is 4.90 Å². The molecule has 1 aliphatic carbocycles. The molecule has 0 radical (unpaired) electrons. The van der Waals surface area contributed by atoms with Gasteiger partial charge in [0, 0.05) is 22.9 Å². The zero-order chi connectivity index (χ0) is 15.0. The Morgan fingerprint density at radius 2 is 1.95 bits per heavy atom. The zero-order valence-electron chi connectivity index (χ0n) is 12.4. The van der Waals surface area contributed by atoms with E-state index in [9.17, 15) is 4.79 Å². The number of hydrogen-bond donors (Lipinski definition) is 0. The van der Waals surface area contributed by atoms with Gasteiger partial charge in [0.1, 0.15) is 5.58 Å². The van der Waals surface area contributed by atoms with E-state index in [1.54, 1.807) is 0 Å². The summed E-state index contributed by atoms with van der Waals surface area (Å²) in [5, 5.41) is 0.957. The third kappa shape index (κ3) is 3.00. The number of carbonyl (C=O) groups excluding carboxylic acids is 1. The van der Waals surface area contributed by atoms with Crippen LogP contribution in [0.5, 0.6) is 0 Å².